The molecule has 0 unspecified atom stereocenters. The van der Waals surface area contributed by atoms with Crippen LogP contribution in [0, 0.1) is 0 Å². The van der Waals surface area contributed by atoms with Crippen LogP contribution >= 0.6 is 34.8 Å². The molecule has 0 amide bonds. The molecule has 0 aromatic heterocycles. The highest BCUT2D eigenvalue weighted by atomic mass is 35.5. The van der Waals surface area contributed by atoms with Gasteiger partial charge >= 0.3 is 0 Å². The first kappa shape index (κ1) is 20.7. The Balaban J connectivity index is 1.57. The largest absolute Gasteiger partial charge is 0.494 e. The predicted molar refractivity (Wildman–Crippen MR) is 117 cm³/mol. The number of nitrogens with one attached hydrogen (secondary N) is 1. The number of hydrogen-bond acceptors (Lipinski definition) is 3. The average molecular weight is 437 g/mol. The monoisotopic (exact) mass is 435 g/mol. The Kier molecular flexibility index (Phi) is 7.32. The van der Waals surface area contributed by atoms with Crippen LogP contribution in [0.4, 0.5) is 5.69 Å². The van der Waals surface area contributed by atoms with Gasteiger partial charge in [0.2, 0.25) is 0 Å². The van der Waals surface area contributed by atoms with Crippen molar-refractivity contribution in [2.24, 2.45) is 0 Å². The number of benzene rings is 3. The molecule has 0 aliphatic rings. The summed E-state index contributed by atoms with van der Waals surface area (Å²) in [4.78, 5) is 0. The summed E-state index contributed by atoms with van der Waals surface area (Å²) >= 11 is 18.5. The third kappa shape index (κ3) is 5.71. The van der Waals surface area contributed by atoms with Crippen molar-refractivity contribution in [3.8, 4) is 11.5 Å². The van der Waals surface area contributed by atoms with Crippen molar-refractivity contribution in [3.05, 3.63) is 86.9 Å². The standard InChI is InChI=1S/C22H20Cl3NO2/c1-2-27-19-8-6-18(7-9-19)26-13-15-3-10-22(21(25)11-15)28-14-16-4-5-17(23)12-20(16)24/h3-12,26H,2,13-14H2,1H3. The molecule has 0 aliphatic carbocycles. The number of hydrogen-bond donors (Lipinski definition) is 1. The summed E-state index contributed by atoms with van der Waals surface area (Å²) in [5.41, 5.74) is 2.91. The zero-order valence-corrected chi connectivity index (χ0v) is 17.6. The smallest absolute Gasteiger partial charge is 0.138 e. The molecule has 1 N–H and O–H groups in total. The minimum Gasteiger partial charge on any atom is -0.494 e. The van der Waals surface area contributed by atoms with E-state index >= 15 is 0 Å². The van der Waals surface area contributed by atoms with Gasteiger partial charge in [-0.25, -0.2) is 0 Å². The molecule has 0 saturated carbocycles. The van der Waals surface area contributed by atoms with Gasteiger partial charge in [-0.15, -0.1) is 0 Å². The van der Waals surface area contributed by atoms with E-state index in [0.29, 0.717) is 40.6 Å². The minimum atomic E-state index is 0.319. The number of anilines is 1. The van der Waals surface area contributed by atoms with Crippen molar-refractivity contribution in [1.82, 2.24) is 0 Å². The van der Waals surface area contributed by atoms with E-state index in [4.69, 9.17) is 44.3 Å². The molecular weight excluding hydrogens is 417 g/mol. The molecule has 0 heterocycles. The van der Waals surface area contributed by atoms with E-state index in [1.807, 2.05) is 55.5 Å². The van der Waals surface area contributed by atoms with E-state index in [1.165, 1.54) is 0 Å². The van der Waals surface area contributed by atoms with E-state index in [2.05, 4.69) is 5.32 Å². The van der Waals surface area contributed by atoms with Crippen LogP contribution in [0.3, 0.4) is 0 Å². The molecule has 0 atom stereocenters. The second kappa shape index (κ2) is 9.92. The van der Waals surface area contributed by atoms with Gasteiger partial charge in [0.25, 0.3) is 0 Å². The molecule has 0 spiro atoms. The van der Waals surface area contributed by atoms with E-state index in [0.717, 1.165) is 22.6 Å². The van der Waals surface area contributed by atoms with Gasteiger partial charge in [-0.3, -0.25) is 0 Å². The molecule has 0 aliphatic heterocycles. The van der Waals surface area contributed by atoms with Crippen molar-refractivity contribution in [1.29, 1.82) is 0 Å². The van der Waals surface area contributed by atoms with Gasteiger partial charge in [-0.05, 0) is 61.0 Å². The predicted octanol–water partition coefficient (Wildman–Crippen LogP) is 7.24. The van der Waals surface area contributed by atoms with E-state index in [9.17, 15) is 0 Å². The van der Waals surface area contributed by atoms with Crippen molar-refractivity contribution < 1.29 is 9.47 Å². The third-order valence-corrected chi connectivity index (χ3v) is 4.94. The first-order chi connectivity index (χ1) is 13.5. The Hall–Kier alpha value is -2.07. The minimum absolute atomic E-state index is 0.319. The molecule has 3 rings (SSSR count). The summed E-state index contributed by atoms with van der Waals surface area (Å²) in [6.45, 7) is 3.59. The summed E-state index contributed by atoms with van der Waals surface area (Å²) < 4.78 is 11.3. The Bertz CT molecular complexity index is 930. The fourth-order valence-electron chi connectivity index (χ4n) is 2.61. The summed E-state index contributed by atoms with van der Waals surface area (Å²) in [5, 5.41) is 5.08. The molecule has 0 fully saturated rings. The lowest BCUT2D eigenvalue weighted by molar-refractivity contribution is 0.306. The zero-order chi connectivity index (χ0) is 19.9. The lowest BCUT2D eigenvalue weighted by Crippen LogP contribution is -2.01. The molecule has 3 aromatic carbocycles. The number of rotatable bonds is 8. The summed E-state index contributed by atoms with van der Waals surface area (Å²) in [7, 11) is 0. The van der Waals surface area contributed by atoms with Crippen LogP contribution in [0.1, 0.15) is 18.1 Å². The van der Waals surface area contributed by atoms with E-state index in [1.54, 1.807) is 12.1 Å². The molecule has 3 aromatic rings. The summed E-state index contributed by atoms with van der Waals surface area (Å²) in [5.74, 6) is 1.47. The fraction of sp³-hybridized carbons (Fsp3) is 0.182. The Morgan fingerprint density at radius 3 is 2.29 bits per heavy atom. The van der Waals surface area contributed by atoms with Crippen molar-refractivity contribution in [2.45, 2.75) is 20.1 Å². The molecule has 0 radical (unpaired) electrons. The quantitative estimate of drug-likeness (QED) is 0.404. The zero-order valence-electron chi connectivity index (χ0n) is 15.3. The third-order valence-electron chi connectivity index (χ3n) is 4.06. The second-order valence-electron chi connectivity index (χ2n) is 6.10. The average Bonchev–Trinajstić information content (AvgIpc) is 2.68. The maximum atomic E-state index is 6.37. The second-order valence-corrected chi connectivity index (χ2v) is 7.35. The van der Waals surface area contributed by atoms with Gasteiger partial charge < -0.3 is 14.8 Å². The van der Waals surface area contributed by atoms with Gasteiger partial charge in [0.15, 0.2) is 0 Å². The Morgan fingerprint density at radius 2 is 1.61 bits per heavy atom. The van der Waals surface area contributed by atoms with Crippen LogP contribution in [0.25, 0.3) is 0 Å². The normalized spacial score (nSPS) is 10.6. The number of ether oxygens (including phenoxy) is 2. The molecular formula is C22H20Cl3NO2. The van der Waals surface area contributed by atoms with Crippen LogP contribution < -0.4 is 14.8 Å². The van der Waals surface area contributed by atoms with Crippen LogP contribution in [0.2, 0.25) is 15.1 Å². The highest BCUT2D eigenvalue weighted by Crippen LogP contribution is 2.28. The highest BCUT2D eigenvalue weighted by Gasteiger charge is 2.07. The summed E-state index contributed by atoms with van der Waals surface area (Å²) in [6, 6.07) is 18.9. The first-order valence-corrected chi connectivity index (χ1v) is 10.0. The molecule has 6 heteroatoms. The molecule has 146 valence electrons. The van der Waals surface area contributed by atoms with Crippen molar-refractivity contribution in [3.63, 3.8) is 0 Å². The van der Waals surface area contributed by atoms with E-state index < -0.39 is 0 Å². The molecule has 3 nitrogen and oxygen atoms in total. The molecule has 0 saturated heterocycles. The topological polar surface area (TPSA) is 30.5 Å². The summed E-state index contributed by atoms with van der Waals surface area (Å²) in [6.07, 6.45) is 0. The van der Waals surface area contributed by atoms with Gasteiger partial charge in [0.05, 0.1) is 11.6 Å². The van der Waals surface area contributed by atoms with E-state index in [-0.39, 0.29) is 0 Å². The van der Waals surface area contributed by atoms with Gasteiger partial charge in [0.1, 0.15) is 18.1 Å². The van der Waals surface area contributed by atoms with Crippen LogP contribution in [-0.2, 0) is 13.2 Å². The van der Waals surface area contributed by atoms with Crippen molar-refractivity contribution in [2.75, 3.05) is 11.9 Å². The van der Waals surface area contributed by atoms with Crippen molar-refractivity contribution >= 4 is 40.5 Å². The van der Waals surface area contributed by atoms with Gasteiger partial charge in [0, 0.05) is 27.8 Å². The first-order valence-electron chi connectivity index (χ1n) is 8.87. The highest BCUT2D eigenvalue weighted by molar-refractivity contribution is 6.35. The number of halogens is 3. The lowest BCUT2D eigenvalue weighted by Gasteiger charge is -2.12. The molecule has 28 heavy (non-hydrogen) atoms. The van der Waals surface area contributed by atoms with Crippen LogP contribution in [0.5, 0.6) is 11.5 Å². The molecule has 0 bridgehead atoms. The van der Waals surface area contributed by atoms with Crippen LogP contribution in [0.15, 0.2) is 60.7 Å². The lowest BCUT2D eigenvalue weighted by atomic mass is 10.2. The SMILES string of the molecule is CCOc1ccc(NCc2ccc(OCc3ccc(Cl)cc3Cl)c(Cl)c2)cc1. The van der Waals surface area contributed by atoms with Crippen LogP contribution in [-0.4, -0.2) is 6.61 Å². The fourth-order valence-corrected chi connectivity index (χ4v) is 3.33. The Labute approximate surface area is 180 Å². The van der Waals surface area contributed by atoms with Gasteiger partial charge in [-0.2, -0.15) is 0 Å². The van der Waals surface area contributed by atoms with Gasteiger partial charge in [-0.1, -0.05) is 46.9 Å². The Morgan fingerprint density at radius 1 is 0.821 bits per heavy atom. The maximum Gasteiger partial charge on any atom is 0.138 e. The maximum absolute atomic E-state index is 6.37.